The van der Waals surface area contributed by atoms with Gasteiger partial charge >= 0.3 is 0 Å². The summed E-state index contributed by atoms with van der Waals surface area (Å²) in [6.07, 6.45) is 0. The Hall–Kier alpha value is -3.38. The molecule has 4 aromatic rings. The van der Waals surface area contributed by atoms with Crippen LogP contribution >= 0.6 is 0 Å². The summed E-state index contributed by atoms with van der Waals surface area (Å²) in [6, 6.07) is 19.7. The van der Waals surface area contributed by atoms with Gasteiger partial charge in [-0.25, -0.2) is 4.68 Å². The van der Waals surface area contributed by atoms with Crippen LogP contribution in [0.15, 0.2) is 65.5 Å². The van der Waals surface area contributed by atoms with E-state index in [1.165, 1.54) is 0 Å². The summed E-state index contributed by atoms with van der Waals surface area (Å²) in [4.78, 5) is 17.9. The summed E-state index contributed by atoms with van der Waals surface area (Å²) < 4.78 is 7.22. The van der Waals surface area contributed by atoms with E-state index in [4.69, 9.17) is 4.74 Å². The zero-order valence-electron chi connectivity index (χ0n) is 16.8. The fraction of sp³-hybridized carbons (Fsp3) is 0.217. The van der Waals surface area contributed by atoms with Gasteiger partial charge in [0.05, 0.1) is 18.5 Å². The maximum absolute atomic E-state index is 12.8. The van der Waals surface area contributed by atoms with Crippen molar-refractivity contribution in [3.63, 3.8) is 0 Å². The third-order valence-electron chi connectivity index (χ3n) is 5.02. The number of aromatic nitrogens is 3. The summed E-state index contributed by atoms with van der Waals surface area (Å²) in [5.41, 5.74) is 4.22. The molecule has 0 radical (unpaired) electrons. The molecule has 4 rings (SSSR count). The molecule has 148 valence electrons. The molecule has 2 aromatic heterocycles. The van der Waals surface area contributed by atoms with Gasteiger partial charge in [-0.1, -0.05) is 36.4 Å². The van der Waals surface area contributed by atoms with Gasteiger partial charge < -0.3 is 9.72 Å². The van der Waals surface area contributed by atoms with Crippen LogP contribution in [0.3, 0.4) is 0 Å². The molecular weight excluding hydrogens is 364 g/mol. The van der Waals surface area contributed by atoms with Crippen LogP contribution in [0.4, 0.5) is 0 Å². The minimum atomic E-state index is -0.0959. The van der Waals surface area contributed by atoms with Crippen molar-refractivity contribution in [1.82, 2.24) is 19.7 Å². The van der Waals surface area contributed by atoms with Gasteiger partial charge in [0.2, 0.25) is 0 Å². The lowest BCUT2D eigenvalue weighted by molar-refractivity contribution is 0.309. The number of ether oxygens (including phenoxy) is 1. The molecule has 0 amide bonds. The number of pyridine rings is 1. The van der Waals surface area contributed by atoms with Crippen molar-refractivity contribution in [3.8, 4) is 11.4 Å². The van der Waals surface area contributed by atoms with Crippen molar-refractivity contribution in [2.45, 2.75) is 20.0 Å². The Morgan fingerprint density at radius 2 is 1.72 bits per heavy atom. The number of hydrogen-bond acceptors (Lipinski definition) is 4. The molecule has 29 heavy (non-hydrogen) atoms. The summed E-state index contributed by atoms with van der Waals surface area (Å²) in [7, 11) is 3.67. The van der Waals surface area contributed by atoms with Crippen LogP contribution in [0.5, 0.6) is 5.75 Å². The lowest BCUT2D eigenvalue weighted by Gasteiger charge is -2.18. The molecule has 0 aliphatic rings. The van der Waals surface area contributed by atoms with Crippen molar-refractivity contribution in [2.75, 3.05) is 14.2 Å². The summed E-state index contributed by atoms with van der Waals surface area (Å²) in [5.74, 6) is 0.851. The Morgan fingerprint density at radius 1 is 1.03 bits per heavy atom. The highest BCUT2D eigenvalue weighted by Gasteiger charge is 2.14. The maximum atomic E-state index is 12.8. The highest BCUT2D eigenvalue weighted by atomic mass is 16.5. The maximum Gasteiger partial charge on any atom is 0.254 e. The smallest absolute Gasteiger partial charge is 0.254 e. The number of hydrogen-bond donors (Lipinski definition) is 1. The molecule has 0 fully saturated rings. The average molecular weight is 388 g/mol. The molecular formula is C23H24N4O2. The number of aryl methyl sites for hydroxylation is 1. The fourth-order valence-corrected chi connectivity index (χ4v) is 3.60. The Balaban J connectivity index is 1.64. The highest BCUT2D eigenvalue weighted by molar-refractivity contribution is 5.80. The lowest BCUT2D eigenvalue weighted by atomic mass is 10.1. The van der Waals surface area contributed by atoms with Crippen LogP contribution < -0.4 is 10.3 Å². The molecule has 0 aliphatic carbocycles. The molecule has 0 unspecified atom stereocenters. The normalized spacial score (nSPS) is 11.3. The van der Waals surface area contributed by atoms with E-state index in [9.17, 15) is 4.79 Å². The van der Waals surface area contributed by atoms with E-state index in [0.29, 0.717) is 18.7 Å². The minimum absolute atomic E-state index is 0.0959. The number of fused-ring (bicyclic) bond motifs is 1. The van der Waals surface area contributed by atoms with Gasteiger partial charge in [0.25, 0.3) is 5.56 Å². The Morgan fingerprint density at radius 3 is 2.48 bits per heavy atom. The van der Waals surface area contributed by atoms with E-state index in [1.807, 2.05) is 74.6 Å². The lowest BCUT2D eigenvalue weighted by Crippen LogP contribution is -2.23. The van der Waals surface area contributed by atoms with Crippen LogP contribution in [0.1, 0.15) is 16.8 Å². The van der Waals surface area contributed by atoms with Crippen LogP contribution in [-0.2, 0) is 13.1 Å². The summed E-state index contributed by atoms with van der Waals surface area (Å²) >= 11 is 0. The zero-order chi connectivity index (χ0) is 20.4. The highest BCUT2D eigenvalue weighted by Crippen LogP contribution is 2.22. The molecule has 0 saturated heterocycles. The predicted octanol–water partition coefficient (Wildman–Crippen LogP) is 3.66. The Labute approximate surface area is 169 Å². The monoisotopic (exact) mass is 388 g/mol. The van der Waals surface area contributed by atoms with Crippen LogP contribution in [-0.4, -0.2) is 33.8 Å². The van der Waals surface area contributed by atoms with Gasteiger partial charge in [-0.3, -0.25) is 9.69 Å². The number of nitrogens with one attached hydrogen (secondary N) is 1. The first kappa shape index (κ1) is 19.0. The van der Waals surface area contributed by atoms with E-state index >= 15 is 0 Å². The number of benzene rings is 2. The quantitative estimate of drug-likeness (QED) is 0.548. The van der Waals surface area contributed by atoms with E-state index in [-0.39, 0.29) is 5.56 Å². The largest absolute Gasteiger partial charge is 0.496 e. The van der Waals surface area contributed by atoms with Gasteiger partial charge in [-0.15, -0.1) is 0 Å². The molecule has 2 heterocycles. The topological polar surface area (TPSA) is 63.1 Å². The third-order valence-corrected chi connectivity index (χ3v) is 5.02. The number of rotatable bonds is 6. The number of aromatic amines is 1. The first-order chi connectivity index (χ1) is 14.1. The van der Waals surface area contributed by atoms with E-state index in [1.54, 1.807) is 11.8 Å². The molecule has 0 spiro atoms. The fourth-order valence-electron chi connectivity index (χ4n) is 3.60. The van der Waals surface area contributed by atoms with Crippen molar-refractivity contribution in [1.29, 1.82) is 0 Å². The molecule has 0 atom stereocenters. The molecule has 2 aromatic carbocycles. The predicted molar refractivity (Wildman–Crippen MR) is 115 cm³/mol. The second-order valence-corrected chi connectivity index (χ2v) is 7.20. The van der Waals surface area contributed by atoms with Gasteiger partial charge in [-0.2, -0.15) is 5.10 Å². The van der Waals surface area contributed by atoms with Crippen molar-refractivity contribution >= 4 is 11.0 Å². The van der Waals surface area contributed by atoms with E-state index in [2.05, 4.69) is 15.0 Å². The second kappa shape index (κ2) is 7.93. The molecule has 0 bridgehead atoms. The SMILES string of the molecule is COc1ccccc1CN(C)Cc1cc2c(C)nn(-c3ccccc3)c2[nH]c1=O. The van der Waals surface area contributed by atoms with Gasteiger partial charge in [-0.05, 0) is 38.2 Å². The van der Waals surface area contributed by atoms with Crippen LogP contribution in [0, 0.1) is 6.92 Å². The first-order valence-corrected chi connectivity index (χ1v) is 9.54. The standard InChI is InChI=1S/C23H24N4O2/c1-16-20-13-18(15-26(2)14-17-9-7-8-12-21(17)29-3)23(28)24-22(20)27(25-16)19-10-5-4-6-11-19/h4-13H,14-15H2,1-3H3,(H,24,28). The average Bonchev–Trinajstić information content (AvgIpc) is 3.05. The molecule has 6 heteroatoms. The number of para-hydroxylation sites is 2. The number of nitrogens with zero attached hydrogens (tertiary/aromatic N) is 3. The molecule has 0 aliphatic heterocycles. The van der Waals surface area contributed by atoms with Crippen molar-refractivity contribution < 1.29 is 4.74 Å². The van der Waals surface area contributed by atoms with Gasteiger partial charge in [0.15, 0.2) is 0 Å². The molecule has 6 nitrogen and oxygen atoms in total. The van der Waals surface area contributed by atoms with Gasteiger partial charge in [0, 0.05) is 29.6 Å². The molecule has 0 saturated carbocycles. The van der Waals surface area contributed by atoms with E-state index < -0.39 is 0 Å². The summed E-state index contributed by atoms with van der Waals surface area (Å²) in [5, 5.41) is 5.58. The Kier molecular flexibility index (Phi) is 5.18. The second-order valence-electron chi connectivity index (χ2n) is 7.20. The third kappa shape index (κ3) is 3.79. The minimum Gasteiger partial charge on any atom is -0.496 e. The van der Waals surface area contributed by atoms with Crippen LogP contribution in [0.25, 0.3) is 16.7 Å². The number of methoxy groups -OCH3 is 1. The zero-order valence-corrected chi connectivity index (χ0v) is 16.8. The van der Waals surface area contributed by atoms with Crippen molar-refractivity contribution in [2.24, 2.45) is 0 Å². The van der Waals surface area contributed by atoms with Crippen molar-refractivity contribution in [3.05, 3.63) is 87.8 Å². The summed E-state index contributed by atoms with van der Waals surface area (Å²) in [6.45, 7) is 3.17. The van der Waals surface area contributed by atoms with Crippen LogP contribution in [0.2, 0.25) is 0 Å². The van der Waals surface area contributed by atoms with E-state index in [0.717, 1.165) is 33.7 Å². The number of H-pyrrole nitrogens is 1. The van der Waals surface area contributed by atoms with Gasteiger partial charge in [0.1, 0.15) is 11.4 Å². The first-order valence-electron chi connectivity index (χ1n) is 9.54. The Bertz CT molecular complexity index is 1190. The molecule has 1 N–H and O–H groups in total.